The summed E-state index contributed by atoms with van der Waals surface area (Å²) in [5, 5.41) is 3.93. The van der Waals surface area contributed by atoms with Crippen LogP contribution in [0.15, 0.2) is 4.52 Å². The first-order valence-electron chi connectivity index (χ1n) is 4.44. The number of nitrogens with zero attached hydrogens (tertiary/aromatic N) is 1. The van der Waals surface area contributed by atoms with E-state index in [9.17, 15) is 0 Å². The summed E-state index contributed by atoms with van der Waals surface area (Å²) in [4.78, 5) is 0. The molecule has 0 amide bonds. The summed E-state index contributed by atoms with van der Waals surface area (Å²) in [6.45, 7) is 1.98. The van der Waals surface area contributed by atoms with Crippen molar-refractivity contribution in [2.75, 3.05) is 0 Å². The molecule has 2 aliphatic carbocycles. The number of hydrogen-bond donors (Lipinski definition) is 1. The molecule has 1 atom stereocenters. The summed E-state index contributed by atoms with van der Waals surface area (Å²) in [6.07, 6.45) is 3.54. The average molecular weight is 164 g/mol. The van der Waals surface area contributed by atoms with Gasteiger partial charge < -0.3 is 10.3 Å². The van der Waals surface area contributed by atoms with Gasteiger partial charge >= 0.3 is 0 Å². The summed E-state index contributed by atoms with van der Waals surface area (Å²) in [6, 6.07) is 0.193. The van der Waals surface area contributed by atoms with Crippen LogP contribution in [0.2, 0.25) is 0 Å². The Morgan fingerprint density at radius 3 is 2.92 bits per heavy atom. The van der Waals surface area contributed by atoms with E-state index in [1.807, 2.05) is 6.92 Å². The first-order chi connectivity index (χ1) is 5.73. The fourth-order valence-electron chi connectivity index (χ4n) is 2.33. The quantitative estimate of drug-likeness (QED) is 0.629. The molecular formula is C9H12N2O. The molecule has 0 radical (unpaired) electrons. The van der Waals surface area contributed by atoms with E-state index in [4.69, 9.17) is 10.3 Å². The maximum Gasteiger partial charge on any atom is 0.142 e. The Kier molecular flexibility index (Phi) is 0.966. The molecule has 1 aromatic heterocycles. The normalized spacial score (nSPS) is 29.3. The lowest BCUT2D eigenvalue weighted by molar-refractivity contribution is 0.350. The Labute approximate surface area is 70.9 Å². The summed E-state index contributed by atoms with van der Waals surface area (Å²) < 4.78 is 5.22. The molecule has 64 valence electrons. The second kappa shape index (κ2) is 1.74. The lowest BCUT2D eigenvalue weighted by atomic mass is 9.98. The van der Waals surface area contributed by atoms with Crippen molar-refractivity contribution in [2.24, 2.45) is 11.1 Å². The number of aryl methyl sites for hydroxylation is 1. The van der Waals surface area contributed by atoms with Gasteiger partial charge in [0.15, 0.2) is 0 Å². The highest BCUT2D eigenvalue weighted by molar-refractivity contribution is 5.37. The molecule has 2 N–H and O–H groups in total. The molecule has 0 bridgehead atoms. The van der Waals surface area contributed by atoms with Gasteiger partial charge in [0.1, 0.15) is 5.76 Å². The van der Waals surface area contributed by atoms with Crippen LogP contribution in [0.25, 0.3) is 0 Å². The van der Waals surface area contributed by atoms with Crippen LogP contribution in [0.5, 0.6) is 0 Å². The lowest BCUT2D eigenvalue weighted by Gasteiger charge is -2.12. The second-order valence-electron chi connectivity index (χ2n) is 4.12. The van der Waals surface area contributed by atoms with Crippen molar-refractivity contribution < 1.29 is 4.52 Å². The predicted octanol–water partition coefficient (Wildman–Crippen LogP) is 1.32. The van der Waals surface area contributed by atoms with Gasteiger partial charge in [0.25, 0.3) is 0 Å². The number of aromatic nitrogens is 1. The highest BCUT2D eigenvalue weighted by atomic mass is 16.5. The first kappa shape index (κ1) is 6.66. The number of fused-ring (bicyclic) bond motifs is 1. The van der Waals surface area contributed by atoms with E-state index >= 15 is 0 Å². The van der Waals surface area contributed by atoms with E-state index in [2.05, 4.69) is 5.16 Å². The SMILES string of the molecule is Cc1noc2c1C(N)C1(CC1)C2. The molecule has 3 rings (SSSR count). The van der Waals surface area contributed by atoms with Gasteiger partial charge in [-0.15, -0.1) is 0 Å². The Balaban J connectivity index is 2.14. The standard InChI is InChI=1S/C9H12N2O/c1-5-7-6(12-11-5)4-9(2-3-9)8(7)10/h8H,2-4,10H2,1H3. The van der Waals surface area contributed by atoms with Gasteiger partial charge in [0.05, 0.1) is 5.69 Å². The molecule has 1 unspecified atom stereocenters. The van der Waals surface area contributed by atoms with Crippen LogP contribution in [-0.4, -0.2) is 5.16 Å². The van der Waals surface area contributed by atoms with E-state index < -0.39 is 0 Å². The average Bonchev–Trinajstić information content (AvgIpc) is 2.64. The molecule has 1 fully saturated rings. The van der Waals surface area contributed by atoms with Crippen LogP contribution < -0.4 is 5.73 Å². The van der Waals surface area contributed by atoms with Gasteiger partial charge in [-0.05, 0) is 25.2 Å². The highest BCUT2D eigenvalue weighted by Gasteiger charge is 2.55. The molecule has 0 aliphatic heterocycles. The first-order valence-corrected chi connectivity index (χ1v) is 4.44. The molecule has 3 heteroatoms. The largest absolute Gasteiger partial charge is 0.361 e. The van der Waals surface area contributed by atoms with Crippen molar-refractivity contribution in [1.82, 2.24) is 5.16 Å². The molecule has 0 saturated heterocycles. The second-order valence-corrected chi connectivity index (χ2v) is 4.12. The molecule has 0 aromatic carbocycles. The van der Waals surface area contributed by atoms with Crippen LogP contribution in [-0.2, 0) is 6.42 Å². The number of nitrogens with two attached hydrogens (primary N) is 1. The fraction of sp³-hybridized carbons (Fsp3) is 0.667. The van der Waals surface area contributed by atoms with E-state index in [1.165, 1.54) is 18.4 Å². The molecule has 3 nitrogen and oxygen atoms in total. The van der Waals surface area contributed by atoms with Gasteiger partial charge in [0.2, 0.25) is 0 Å². The van der Waals surface area contributed by atoms with E-state index in [-0.39, 0.29) is 6.04 Å². The van der Waals surface area contributed by atoms with Crippen LogP contribution >= 0.6 is 0 Å². The summed E-state index contributed by atoms with van der Waals surface area (Å²) in [5.74, 6) is 1.04. The lowest BCUT2D eigenvalue weighted by Crippen LogP contribution is -2.18. The monoisotopic (exact) mass is 164 g/mol. The van der Waals surface area contributed by atoms with Crippen molar-refractivity contribution in [2.45, 2.75) is 32.2 Å². The summed E-state index contributed by atoms with van der Waals surface area (Å²) in [7, 11) is 0. The van der Waals surface area contributed by atoms with Gasteiger partial charge in [-0.1, -0.05) is 5.16 Å². The third-order valence-electron chi connectivity index (χ3n) is 3.36. The zero-order chi connectivity index (χ0) is 8.34. The van der Waals surface area contributed by atoms with Crippen molar-refractivity contribution >= 4 is 0 Å². The third-order valence-corrected chi connectivity index (χ3v) is 3.36. The Hall–Kier alpha value is -0.830. The Bertz CT molecular complexity index is 338. The van der Waals surface area contributed by atoms with Crippen molar-refractivity contribution in [3.63, 3.8) is 0 Å². The van der Waals surface area contributed by atoms with E-state index in [0.717, 1.165) is 17.9 Å². The van der Waals surface area contributed by atoms with Crippen LogP contribution in [0, 0.1) is 12.3 Å². The third kappa shape index (κ3) is 0.591. The number of hydrogen-bond acceptors (Lipinski definition) is 3. The topological polar surface area (TPSA) is 52.0 Å². The van der Waals surface area contributed by atoms with Crippen LogP contribution in [0.1, 0.15) is 35.9 Å². The minimum atomic E-state index is 0.193. The smallest absolute Gasteiger partial charge is 0.142 e. The zero-order valence-electron chi connectivity index (χ0n) is 7.13. The van der Waals surface area contributed by atoms with Gasteiger partial charge in [-0.2, -0.15) is 0 Å². The molecule has 1 saturated carbocycles. The van der Waals surface area contributed by atoms with E-state index in [0.29, 0.717) is 5.41 Å². The maximum absolute atomic E-state index is 6.13. The van der Waals surface area contributed by atoms with Gasteiger partial charge in [-0.3, -0.25) is 0 Å². The van der Waals surface area contributed by atoms with Gasteiger partial charge in [-0.25, -0.2) is 0 Å². The van der Waals surface area contributed by atoms with Crippen molar-refractivity contribution in [1.29, 1.82) is 0 Å². The fourth-order valence-corrected chi connectivity index (χ4v) is 2.33. The van der Waals surface area contributed by atoms with Crippen molar-refractivity contribution in [3.8, 4) is 0 Å². The highest BCUT2D eigenvalue weighted by Crippen LogP contribution is 2.61. The summed E-state index contributed by atoms with van der Waals surface area (Å²) in [5.41, 5.74) is 8.68. The van der Waals surface area contributed by atoms with Gasteiger partial charge in [0, 0.05) is 18.0 Å². The Morgan fingerprint density at radius 2 is 2.33 bits per heavy atom. The molecule has 1 aromatic rings. The molecule has 1 heterocycles. The van der Waals surface area contributed by atoms with Crippen LogP contribution in [0.3, 0.4) is 0 Å². The minimum absolute atomic E-state index is 0.193. The molecule has 2 aliphatic rings. The molecular weight excluding hydrogens is 152 g/mol. The molecule has 1 spiro atoms. The summed E-state index contributed by atoms with van der Waals surface area (Å²) >= 11 is 0. The molecule has 12 heavy (non-hydrogen) atoms. The predicted molar refractivity (Wildman–Crippen MR) is 43.5 cm³/mol. The Morgan fingerprint density at radius 1 is 1.58 bits per heavy atom. The van der Waals surface area contributed by atoms with E-state index in [1.54, 1.807) is 0 Å². The zero-order valence-corrected chi connectivity index (χ0v) is 7.13. The number of rotatable bonds is 0. The van der Waals surface area contributed by atoms with Crippen LogP contribution in [0.4, 0.5) is 0 Å². The minimum Gasteiger partial charge on any atom is -0.361 e. The van der Waals surface area contributed by atoms with Crippen molar-refractivity contribution in [3.05, 3.63) is 17.0 Å². The maximum atomic E-state index is 6.13.